The van der Waals surface area contributed by atoms with Gasteiger partial charge in [0.25, 0.3) is 0 Å². The Morgan fingerprint density at radius 3 is 2.42 bits per heavy atom. The second kappa shape index (κ2) is 6.22. The number of aryl methyl sites for hydroxylation is 2. The van der Waals surface area contributed by atoms with Gasteiger partial charge in [0.15, 0.2) is 0 Å². The third kappa shape index (κ3) is 2.82. The van der Waals surface area contributed by atoms with E-state index in [1.54, 1.807) is 37.0 Å². The minimum atomic E-state index is -3.51. The van der Waals surface area contributed by atoms with Gasteiger partial charge in [0.05, 0.1) is 18.5 Å². The summed E-state index contributed by atoms with van der Waals surface area (Å²) in [4.78, 5) is 0.348. The summed E-state index contributed by atoms with van der Waals surface area (Å²) >= 11 is 0. The highest BCUT2D eigenvalue weighted by molar-refractivity contribution is 7.89. The van der Waals surface area contributed by atoms with Gasteiger partial charge in [-0.2, -0.15) is 9.40 Å². The summed E-state index contributed by atoms with van der Waals surface area (Å²) < 4.78 is 34.4. The van der Waals surface area contributed by atoms with Crippen LogP contribution in [0.15, 0.2) is 29.2 Å². The Balaban J connectivity index is 1.84. The molecular weight excluding hydrogens is 326 g/mol. The van der Waals surface area contributed by atoms with Crippen molar-refractivity contribution < 1.29 is 13.2 Å². The predicted octanol–water partition coefficient (Wildman–Crippen LogP) is 2.22. The van der Waals surface area contributed by atoms with Gasteiger partial charge in [-0.25, -0.2) is 8.42 Å². The number of methoxy groups -OCH3 is 1. The summed E-state index contributed by atoms with van der Waals surface area (Å²) in [6, 6.07) is 7.87. The van der Waals surface area contributed by atoms with E-state index in [-0.39, 0.29) is 5.92 Å². The van der Waals surface area contributed by atoms with Crippen LogP contribution in [0, 0.1) is 13.8 Å². The van der Waals surface area contributed by atoms with Crippen LogP contribution >= 0.6 is 0 Å². The summed E-state index contributed by atoms with van der Waals surface area (Å²) in [5, 5.41) is 4.24. The van der Waals surface area contributed by atoms with Crippen LogP contribution in [0.1, 0.15) is 29.3 Å². The van der Waals surface area contributed by atoms with Crippen LogP contribution in [0.5, 0.6) is 5.75 Å². The molecule has 0 bridgehead atoms. The minimum Gasteiger partial charge on any atom is -0.497 e. The highest BCUT2D eigenvalue weighted by Crippen LogP contribution is 2.33. The molecule has 24 heavy (non-hydrogen) atoms. The van der Waals surface area contributed by atoms with E-state index in [4.69, 9.17) is 4.74 Å². The molecule has 1 aromatic heterocycles. The Morgan fingerprint density at radius 1 is 1.21 bits per heavy atom. The second-order valence-electron chi connectivity index (χ2n) is 6.25. The Morgan fingerprint density at radius 2 is 1.88 bits per heavy atom. The zero-order valence-electron chi connectivity index (χ0n) is 14.5. The lowest BCUT2D eigenvalue weighted by molar-refractivity contribution is 0.414. The van der Waals surface area contributed by atoms with E-state index in [1.807, 2.05) is 24.3 Å². The number of sulfonamides is 1. The lowest BCUT2D eigenvalue weighted by Gasteiger charge is -2.17. The quantitative estimate of drug-likeness (QED) is 0.849. The number of aromatic nitrogens is 2. The molecule has 1 aliphatic heterocycles. The van der Waals surface area contributed by atoms with Crippen LogP contribution in [-0.2, 0) is 17.1 Å². The molecule has 0 N–H and O–H groups in total. The second-order valence-corrected chi connectivity index (χ2v) is 8.12. The van der Waals surface area contributed by atoms with Gasteiger partial charge < -0.3 is 4.74 Å². The fourth-order valence-corrected chi connectivity index (χ4v) is 5.25. The van der Waals surface area contributed by atoms with Crippen molar-refractivity contribution in [1.29, 1.82) is 0 Å². The Bertz CT molecular complexity index is 841. The maximum atomic E-state index is 13.0. The average molecular weight is 349 g/mol. The third-order valence-corrected chi connectivity index (χ3v) is 6.90. The number of nitrogens with zero attached hydrogens (tertiary/aromatic N) is 3. The van der Waals surface area contributed by atoms with E-state index in [0.717, 1.165) is 17.7 Å². The molecule has 2 aromatic rings. The molecule has 2 heterocycles. The summed E-state index contributed by atoms with van der Waals surface area (Å²) in [5.74, 6) is 1.02. The summed E-state index contributed by atoms with van der Waals surface area (Å²) in [7, 11) is -0.102. The number of hydrogen-bond acceptors (Lipinski definition) is 4. The number of hydrogen-bond donors (Lipinski definition) is 0. The van der Waals surface area contributed by atoms with Crippen LogP contribution in [0.2, 0.25) is 0 Å². The van der Waals surface area contributed by atoms with Crippen molar-refractivity contribution in [2.75, 3.05) is 20.2 Å². The fourth-order valence-electron chi connectivity index (χ4n) is 3.35. The molecule has 1 aromatic carbocycles. The smallest absolute Gasteiger partial charge is 0.246 e. The Kier molecular flexibility index (Phi) is 4.40. The lowest BCUT2D eigenvalue weighted by Crippen LogP contribution is -2.29. The standard InChI is InChI=1S/C17H23N3O3S/c1-12-17(13(2)19(3)18-12)24(21,22)20-10-9-15(11-20)14-5-7-16(23-4)8-6-14/h5-8,15H,9-11H2,1-4H3/t15-/m0/s1. The highest BCUT2D eigenvalue weighted by atomic mass is 32.2. The molecule has 1 aliphatic rings. The van der Waals surface area contributed by atoms with E-state index in [2.05, 4.69) is 5.10 Å². The first-order valence-corrected chi connectivity index (χ1v) is 9.43. The molecule has 1 fully saturated rings. The molecule has 0 spiro atoms. The minimum absolute atomic E-state index is 0.211. The molecule has 6 nitrogen and oxygen atoms in total. The SMILES string of the molecule is COc1ccc([C@H]2CCN(S(=O)(=O)c3c(C)nn(C)c3C)C2)cc1. The zero-order chi connectivity index (χ0) is 17.5. The number of rotatable bonds is 4. The lowest BCUT2D eigenvalue weighted by atomic mass is 9.99. The maximum absolute atomic E-state index is 13.0. The number of ether oxygens (including phenoxy) is 1. The van der Waals surface area contributed by atoms with Crippen LogP contribution in [-0.4, -0.2) is 42.7 Å². The first-order chi connectivity index (χ1) is 11.3. The van der Waals surface area contributed by atoms with Crippen molar-refractivity contribution in [1.82, 2.24) is 14.1 Å². The number of benzene rings is 1. The monoisotopic (exact) mass is 349 g/mol. The van der Waals surface area contributed by atoms with Gasteiger partial charge in [0.1, 0.15) is 10.6 Å². The molecule has 1 saturated heterocycles. The van der Waals surface area contributed by atoms with Crippen molar-refractivity contribution in [3.63, 3.8) is 0 Å². The molecule has 7 heteroatoms. The predicted molar refractivity (Wildman–Crippen MR) is 91.8 cm³/mol. The third-order valence-electron chi connectivity index (χ3n) is 4.78. The molecule has 0 radical (unpaired) electrons. The average Bonchev–Trinajstić information content (AvgIpc) is 3.14. The zero-order valence-corrected chi connectivity index (χ0v) is 15.3. The molecule has 0 unspecified atom stereocenters. The van der Waals surface area contributed by atoms with Crippen molar-refractivity contribution in [3.8, 4) is 5.75 Å². The topological polar surface area (TPSA) is 64.4 Å². The molecule has 0 amide bonds. The van der Waals surface area contributed by atoms with Crippen LogP contribution in [0.25, 0.3) is 0 Å². The van der Waals surface area contributed by atoms with E-state index >= 15 is 0 Å². The van der Waals surface area contributed by atoms with Crippen LogP contribution in [0.4, 0.5) is 0 Å². The van der Waals surface area contributed by atoms with Crippen LogP contribution in [0.3, 0.4) is 0 Å². The molecule has 0 saturated carbocycles. The maximum Gasteiger partial charge on any atom is 0.246 e. The Hall–Kier alpha value is -1.86. The first-order valence-electron chi connectivity index (χ1n) is 7.99. The van der Waals surface area contributed by atoms with Crippen molar-refractivity contribution in [2.45, 2.75) is 31.1 Å². The van der Waals surface area contributed by atoms with Crippen molar-refractivity contribution in [2.24, 2.45) is 7.05 Å². The summed E-state index contributed by atoms with van der Waals surface area (Å²) in [5.41, 5.74) is 2.39. The van der Waals surface area contributed by atoms with Gasteiger partial charge >= 0.3 is 0 Å². The van der Waals surface area contributed by atoms with E-state index in [9.17, 15) is 8.42 Å². The molecule has 1 atom stereocenters. The fraction of sp³-hybridized carbons (Fsp3) is 0.471. The van der Waals surface area contributed by atoms with Gasteiger partial charge in [0, 0.05) is 20.1 Å². The van der Waals surface area contributed by atoms with E-state index < -0.39 is 10.0 Å². The van der Waals surface area contributed by atoms with Gasteiger partial charge in [-0.3, -0.25) is 4.68 Å². The van der Waals surface area contributed by atoms with Gasteiger partial charge in [-0.15, -0.1) is 0 Å². The first kappa shape index (κ1) is 17.0. The van der Waals surface area contributed by atoms with Crippen molar-refractivity contribution >= 4 is 10.0 Å². The van der Waals surface area contributed by atoms with Crippen molar-refractivity contribution in [3.05, 3.63) is 41.2 Å². The van der Waals surface area contributed by atoms with Gasteiger partial charge in [0.2, 0.25) is 10.0 Å². The van der Waals surface area contributed by atoms with E-state index in [0.29, 0.717) is 29.4 Å². The molecule has 0 aliphatic carbocycles. The highest BCUT2D eigenvalue weighted by Gasteiger charge is 2.36. The van der Waals surface area contributed by atoms with Crippen LogP contribution < -0.4 is 4.74 Å². The molecule has 130 valence electrons. The molecule has 3 rings (SSSR count). The Labute approximate surface area is 143 Å². The summed E-state index contributed by atoms with van der Waals surface area (Å²) in [6.45, 7) is 4.58. The van der Waals surface area contributed by atoms with Gasteiger partial charge in [-0.05, 0) is 43.9 Å². The normalized spacial score (nSPS) is 18.9. The molecular formula is C17H23N3O3S. The van der Waals surface area contributed by atoms with Gasteiger partial charge in [-0.1, -0.05) is 12.1 Å². The van der Waals surface area contributed by atoms with E-state index in [1.165, 1.54) is 0 Å². The largest absolute Gasteiger partial charge is 0.497 e. The summed E-state index contributed by atoms with van der Waals surface area (Å²) in [6.07, 6.45) is 0.823.